The fourth-order valence-electron chi connectivity index (χ4n) is 2.27. The molecule has 4 atom stereocenters. The van der Waals surface area contributed by atoms with Crippen molar-refractivity contribution in [3.63, 3.8) is 0 Å². The van der Waals surface area contributed by atoms with Crippen molar-refractivity contribution in [2.24, 2.45) is 22.5 Å². The van der Waals surface area contributed by atoms with Crippen molar-refractivity contribution in [2.75, 3.05) is 6.61 Å². The lowest BCUT2D eigenvalue weighted by atomic mass is 10.0. The van der Waals surface area contributed by atoms with Crippen LogP contribution in [0.3, 0.4) is 0 Å². The Morgan fingerprint density at radius 2 is 2.38 bits per heavy atom. The second-order valence-corrected chi connectivity index (χ2v) is 4.42. The monoisotopic (exact) mass is 226 g/mol. The summed E-state index contributed by atoms with van der Waals surface area (Å²) in [5, 5.41) is 6.00. The lowest BCUT2D eigenvalue weighted by molar-refractivity contribution is -0.121. The number of nitrogens with zero attached hydrogens (tertiary/aromatic N) is 2. The molecule has 0 aromatic carbocycles. The van der Waals surface area contributed by atoms with Gasteiger partial charge in [-0.1, -0.05) is 0 Å². The standard InChI is InChI=1S/C10H18N4O2/c1-6-4-7(2-3-16-6)14-9(11)8(5-13-14)10(12)15/h5-9H,2-4,11H2,1H3,(H2,12,15)/t6-,7?,8?,9?/m0/s1. The van der Waals surface area contributed by atoms with Gasteiger partial charge in [0.2, 0.25) is 5.91 Å². The molecular formula is C10H18N4O2. The Morgan fingerprint density at radius 3 is 2.94 bits per heavy atom. The molecule has 1 amide bonds. The van der Waals surface area contributed by atoms with Crippen LogP contribution in [-0.4, -0.2) is 42.0 Å². The van der Waals surface area contributed by atoms with Crippen LogP contribution in [0.25, 0.3) is 0 Å². The molecule has 16 heavy (non-hydrogen) atoms. The van der Waals surface area contributed by atoms with Crippen LogP contribution in [0, 0.1) is 5.92 Å². The van der Waals surface area contributed by atoms with Gasteiger partial charge in [0.15, 0.2) is 0 Å². The van der Waals surface area contributed by atoms with E-state index < -0.39 is 18.0 Å². The Hall–Kier alpha value is -1.14. The van der Waals surface area contributed by atoms with Crippen LogP contribution in [0.5, 0.6) is 0 Å². The van der Waals surface area contributed by atoms with Crippen LogP contribution in [0.15, 0.2) is 5.10 Å². The largest absolute Gasteiger partial charge is 0.378 e. The zero-order valence-electron chi connectivity index (χ0n) is 9.37. The summed E-state index contributed by atoms with van der Waals surface area (Å²) in [5.74, 6) is -0.892. The van der Waals surface area contributed by atoms with E-state index in [0.29, 0.717) is 6.61 Å². The smallest absolute Gasteiger partial charge is 0.229 e. The van der Waals surface area contributed by atoms with Crippen LogP contribution in [0.1, 0.15) is 19.8 Å². The summed E-state index contributed by atoms with van der Waals surface area (Å²) in [7, 11) is 0. The highest BCUT2D eigenvalue weighted by Crippen LogP contribution is 2.24. The molecule has 0 aromatic heterocycles. The molecule has 0 spiro atoms. The van der Waals surface area contributed by atoms with E-state index in [0.717, 1.165) is 12.8 Å². The van der Waals surface area contributed by atoms with Crippen LogP contribution in [0.4, 0.5) is 0 Å². The van der Waals surface area contributed by atoms with Crippen molar-refractivity contribution >= 4 is 12.1 Å². The van der Waals surface area contributed by atoms with Crippen LogP contribution in [-0.2, 0) is 9.53 Å². The average Bonchev–Trinajstić information content (AvgIpc) is 2.60. The van der Waals surface area contributed by atoms with Crippen molar-refractivity contribution in [2.45, 2.75) is 38.1 Å². The molecule has 1 fully saturated rings. The number of rotatable bonds is 2. The Bertz CT molecular complexity index is 307. The lowest BCUT2D eigenvalue weighted by Crippen LogP contribution is -2.51. The minimum atomic E-state index is -0.474. The topological polar surface area (TPSA) is 93.9 Å². The van der Waals surface area contributed by atoms with E-state index >= 15 is 0 Å². The second kappa shape index (κ2) is 4.39. The quantitative estimate of drug-likeness (QED) is 0.647. The third kappa shape index (κ3) is 2.03. The predicted molar refractivity (Wildman–Crippen MR) is 59.4 cm³/mol. The number of hydrazone groups is 1. The molecule has 0 aliphatic carbocycles. The molecule has 2 aliphatic rings. The maximum atomic E-state index is 11.1. The third-order valence-corrected chi connectivity index (χ3v) is 3.19. The van der Waals surface area contributed by atoms with Crippen molar-refractivity contribution < 1.29 is 9.53 Å². The molecule has 0 radical (unpaired) electrons. The second-order valence-electron chi connectivity index (χ2n) is 4.42. The van der Waals surface area contributed by atoms with Crippen LogP contribution < -0.4 is 11.5 Å². The highest BCUT2D eigenvalue weighted by atomic mass is 16.5. The van der Waals surface area contributed by atoms with E-state index in [-0.39, 0.29) is 12.1 Å². The van der Waals surface area contributed by atoms with E-state index in [1.54, 1.807) is 11.2 Å². The Balaban J connectivity index is 2.01. The number of hydrogen-bond acceptors (Lipinski definition) is 5. The van der Waals surface area contributed by atoms with Gasteiger partial charge in [-0.3, -0.25) is 9.80 Å². The zero-order valence-corrected chi connectivity index (χ0v) is 9.37. The summed E-state index contributed by atoms with van der Waals surface area (Å²) in [6, 6.07) is 0.249. The van der Waals surface area contributed by atoms with Crippen molar-refractivity contribution in [1.29, 1.82) is 0 Å². The Kier molecular flexibility index (Phi) is 3.11. The van der Waals surface area contributed by atoms with Gasteiger partial charge in [-0.2, -0.15) is 5.10 Å². The van der Waals surface area contributed by atoms with Gasteiger partial charge < -0.3 is 16.2 Å². The molecule has 0 bridgehead atoms. The molecule has 6 nitrogen and oxygen atoms in total. The SMILES string of the molecule is C[C@H]1CC(N2N=CC(C(N)=O)C2N)CCO1. The number of ether oxygens (including phenoxy) is 1. The number of amides is 1. The zero-order chi connectivity index (χ0) is 11.7. The van der Waals surface area contributed by atoms with E-state index in [1.807, 2.05) is 6.92 Å². The molecule has 2 heterocycles. The van der Waals surface area contributed by atoms with Gasteiger partial charge in [0.25, 0.3) is 0 Å². The van der Waals surface area contributed by atoms with Crippen molar-refractivity contribution in [3.05, 3.63) is 0 Å². The summed E-state index contributed by atoms with van der Waals surface area (Å²) in [6.07, 6.45) is 3.12. The summed E-state index contributed by atoms with van der Waals surface area (Å²) in [6.45, 7) is 2.74. The van der Waals surface area contributed by atoms with Gasteiger partial charge >= 0.3 is 0 Å². The van der Waals surface area contributed by atoms with Crippen molar-refractivity contribution in [3.8, 4) is 0 Å². The molecule has 0 aromatic rings. The van der Waals surface area contributed by atoms with Crippen LogP contribution >= 0.6 is 0 Å². The van der Waals surface area contributed by atoms with E-state index in [1.165, 1.54) is 0 Å². The maximum absolute atomic E-state index is 11.1. The average molecular weight is 226 g/mol. The van der Waals surface area contributed by atoms with Gasteiger partial charge in [0.05, 0.1) is 12.1 Å². The first kappa shape index (κ1) is 11.3. The minimum Gasteiger partial charge on any atom is -0.378 e. The summed E-state index contributed by atoms with van der Waals surface area (Å²) < 4.78 is 5.47. The van der Waals surface area contributed by atoms with E-state index in [4.69, 9.17) is 16.2 Å². The van der Waals surface area contributed by atoms with Gasteiger partial charge in [-0.15, -0.1) is 0 Å². The fourth-order valence-corrected chi connectivity index (χ4v) is 2.27. The first-order valence-electron chi connectivity index (χ1n) is 5.58. The maximum Gasteiger partial charge on any atom is 0.229 e. The molecule has 0 saturated carbocycles. The summed E-state index contributed by atoms with van der Waals surface area (Å²) in [5.41, 5.74) is 11.2. The van der Waals surface area contributed by atoms with Gasteiger partial charge in [0, 0.05) is 12.8 Å². The molecular weight excluding hydrogens is 208 g/mol. The molecule has 1 saturated heterocycles. The van der Waals surface area contributed by atoms with Crippen LogP contribution in [0.2, 0.25) is 0 Å². The molecule has 4 N–H and O–H groups in total. The Labute approximate surface area is 94.6 Å². The van der Waals surface area contributed by atoms with Crippen molar-refractivity contribution in [1.82, 2.24) is 5.01 Å². The number of carbonyl (C=O) groups is 1. The van der Waals surface area contributed by atoms with Gasteiger partial charge in [-0.25, -0.2) is 0 Å². The molecule has 6 heteroatoms. The normalized spacial score (nSPS) is 39.0. The number of hydrogen-bond donors (Lipinski definition) is 2. The molecule has 90 valence electrons. The highest BCUT2D eigenvalue weighted by Gasteiger charge is 2.37. The lowest BCUT2D eigenvalue weighted by Gasteiger charge is -2.36. The van der Waals surface area contributed by atoms with Gasteiger partial charge in [-0.05, 0) is 19.8 Å². The Morgan fingerprint density at radius 1 is 1.62 bits per heavy atom. The predicted octanol–water partition coefficient (Wildman–Crippen LogP) is -0.758. The first-order chi connectivity index (χ1) is 7.59. The number of carbonyl (C=O) groups excluding carboxylic acids is 1. The summed E-state index contributed by atoms with van der Waals surface area (Å²) in [4.78, 5) is 11.1. The van der Waals surface area contributed by atoms with E-state index in [2.05, 4.69) is 5.10 Å². The van der Waals surface area contributed by atoms with E-state index in [9.17, 15) is 4.79 Å². The fraction of sp³-hybridized carbons (Fsp3) is 0.800. The highest BCUT2D eigenvalue weighted by molar-refractivity contribution is 5.93. The third-order valence-electron chi connectivity index (χ3n) is 3.19. The molecule has 3 unspecified atom stereocenters. The summed E-state index contributed by atoms with van der Waals surface area (Å²) >= 11 is 0. The number of primary amides is 1. The molecule has 2 aliphatic heterocycles. The molecule has 2 rings (SSSR count). The number of nitrogens with two attached hydrogens (primary N) is 2. The first-order valence-corrected chi connectivity index (χ1v) is 5.58. The van der Waals surface area contributed by atoms with Gasteiger partial charge in [0.1, 0.15) is 12.1 Å². The minimum absolute atomic E-state index is 0.216.